The number of anilines is 1. The van der Waals surface area contributed by atoms with Crippen molar-refractivity contribution in [2.75, 3.05) is 38.6 Å². The van der Waals surface area contributed by atoms with Crippen LogP contribution in [0.15, 0.2) is 60.0 Å². The molecule has 2 heterocycles. The second-order valence-electron chi connectivity index (χ2n) is 6.94. The molecule has 0 aliphatic carbocycles. The monoisotopic (exact) mass is 408 g/mol. The van der Waals surface area contributed by atoms with E-state index in [1.807, 2.05) is 47.4 Å². The maximum atomic E-state index is 12.5. The number of aromatic nitrogens is 1. The van der Waals surface area contributed by atoms with Crippen molar-refractivity contribution in [3.8, 4) is 16.3 Å². The van der Waals surface area contributed by atoms with Gasteiger partial charge < -0.3 is 15.0 Å². The number of piperazine rings is 1. The van der Waals surface area contributed by atoms with Crippen LogP contribution in [0.25, 0.3) is 10.6 Å². The fourth-order valence-corrected chi connectivity index (χ4v) is 4.15. The van der Waals surface area contributed by atoms with Gasteiger partial charge in [0.1, 0.15) is 10.8 Å². The van der Waals surface area contributed by atoms with E-state index in [4.69, 9.17) is 9.72 Å². The molecule has 150 valence electrons. The van der Waals surface area contributed by atoms with E-state index in [0.717, 1.165) is 47.3 Å². The van der Waals surface area contributed by atoms with Crippen LogP contribution in [0.2, 0.25) is 0 Å². The number of rotatable bonds is 5. The second kappa shape index (κ2) is 9.07. The number of thiazole rings is 1. The molecule has 1 aliphatic heterocycles. The van der Waals surface area contributed by atoms with Gasteiger partial charge in [0, 0.05) is 55.4 Å². The third kappa shape index (κ3) is 4.93. The van der Waals surface area contributed by atoms with Gasteiger partial charge >= 0.3 is 6.03 Å². The third-order valence-electron chi connectivity index (χ3n) is 4.94. The zero-order valence-corrected chi connectivity index (χ0v) is 17.2. The number of nitrogens with one attached hydrogen (secondary N) is 1. The van der Waals surface area contributed by atoms with Gasteiger partial charge in [0.25, 0.3) is 0 Å². The van der Waals surface area contributed by atoms with Crippen LogP contribution in [0.3, 0.4) is 0 Å². The number of urea groups is 1. The highest BCUT2D eigenvalue weighted by Gasteiger charge is 2.22. The molecule has 1 aliphatic rings. The Labute approximate surface area is 174 Å². The predicted molar refractivity (Wildman–Crippen MR) is 116 cm³/mol. The van der Waals surface area contributed by atoms with Gasteiger partial charge in [-0.1, -0.05) is 36.4 Å². The average Bonchev–Trinajstić information content (AvgIpc) is 3.23. The quantitative estimate of drug-likeness (QED) is 0.688. The van der Waals surface area contributed by atoms with Gasteiger partial charge in [0.15, 0.2) is 0 Å². The lowest BCUT2D eigenvalue weighted by molar-refractivity contribution is 0.142. The van der Waals surface area contributed by atoms with E-state index in [0.29, 0.717) is 13.1 Å². The number of nitrogens with zero attached hydrogens (tertiary/aromatic N) is 3. The largest absolute Gasteiger partial charge is 0.497 e. The van der Waals surface area contributed by atoms with Crippen molar-refractivity contribution in [1.82, 2.24) is 14.8 Å². The standard InChI is InChI=1S/C22H24N4O2S/c1-28-20-9-5-8-18(14-20)24-22(27)26-12-10-25(11-13-26)15-19-16-29-21(23-19)17-6-3-2-4-7-17/h2-9,14,16H,10-13,15H2,1H3,(H,24,27). The summed E-state index contributed by atoms with van der Waals surface area (Å²) in [7, 11) is 1.62. The predicted octanol–water partition coefficient (Wildman–Crippen LogP) is 4.17. The molecule has 0 saturated carbocycles. The number of methoxy groups -OCH3 is 1. The maximum absolute atomic E-state index is 12.5. The van der Waals surface area contributed by atoms with Crippen molar-refractivity contribution in [2.45, 2.75) is 6.54 Å². The summed E-state index contributed by atoms with van der Waals surface area (Å²) in [6.07, 6.45) is 0. The van der Waals surface area contributed by atoms with Gasteiger partial charge in [0.2, 0.25) is 0 Å². The number of hydrogen-bond donors (Lipinski definition) is 1. The zero-order chi connectivity index (χ0) is 20.1. The van der Waals surface area contributed by atoms with Gasteiger partial charge in [-0.3, -0.25) is 4.90 Å². The molecule has 3 aromatic rings. The van der Waals surface area contributed by atoms with Crippen LogP contribution in [-0.2, 0) is 6.54 Å². The summed E-state index contributed by atoms with van der Waals surface area (Å²) >= 11 is 1.68. The molecule has 6 nitrogen and oxygen atoms in total. The molecule has 4 rings (SSSR count). The lowest BCUT2D eigenvalue weighted by Crippen LogP contribution is -2.49. The lowest BCUT2D eigenvalue weighted by atomic mass is 10.2. The van der Waals surface area contributed by atoms with E-state index >= 15 is 0 Å². The Kier molecular flexibility index (Phi) is 6.07. The molecule has 1 aromatic heterocycles. The maximum Gasteiger partial charge on any atom is 0.321 e. The molecule has 7 heteroatoms. The molecule has 0 atom stereocenters. The number of amides is 2. The lowest BCUT2D eigenvalue weighted by Gasteiger charge is -2.34. The van der Waals surface area contributed by atoms with Gasteiger partial charge in [-0.05, 0) is 12.1 Å². The van der Waals surface area contributed by atoms with Crippen molar-refractivity contribution in [1.29, 1.82) is 0 Å². The molecule has 0 radical (unpaired) electrons. The van der Waals surface area contributed by atoms with Crippen LogP contribution in [-0.4, -0.2) is 54.1 Å². The molecule has 1 fully saturated rings. The number of carbonyl (C=O) groups excluding carboxylic acids is 1. The molecule has 29 heavy (non-hydrogen) atoms. The molecule has 1 N–H and O–H groups in total. The SMILES string of the molecule is COc1cccc(NC(=O)N2CCN(Cc3csc(-c4ccccc4)n3)CC2)c1. The normalized spacial score (nSPS) is 14.6. The van der Waals surface area contributed by atoms with E-state index in [2.05, 4.69) is 27.7 Å². The summed E-state index contributed by atoms with van der Waals surface area (Å²) in [5.41, 5.74) is 2.98. The Hall–Kier alpha value is -2.90. The van der Waals surface area contributed by atoms with Crippen molar-refractivity contribution < 1.29 is 9.53 Å². The highest BCUT2D eigenvalue weighted by atomic mass is 32.1. The highest BCUT2D eigenvalue weighted by molar-refractivity contribution is 7.13. The first-order chi connectivity index (χ1) is 14.2. The van der Waals surface area contributed by atoms with E-state index < -0.39 is 0 Å². The topological polar surface area (TPSA) is 57.7 Å². The summed E-state index contributed by atoms with van der Waals surface area (Å²) < 4.78 is 5.21. The average molecular weight is 409 g/mol. The molecular formula is C22H24N4O2S. The third-order valence-corrected chi connectivity index (χ3v) is 5.88. The van der Waals surface area contributed by atoms with Gasteiger partial charge in [-0.25, -0.2) is 9.78 Å². The first kappa shape index (κ1) is 19.4. The summed E-state index contributed by atoms with van der Waals surface area (Å²) in [4.78, 5) is 21.5. The zero-order valence-electron chi connectivity index (χ0n) is 16.4. The van der Waals surface area contributed by atoms with Crippen LogP contribution >= 0.6 is 11.3 Å². The van der Waals surface area contributed by atoms with Crippen LogP contribution in [0, 0.1) is 0 Å². The van der Waals surface area contributed by atoms with Gasteiger partial charge in [0.05, 0.1) is 12.8 Å². The fraction of sp³-hybridized carbons (Fsp3) is 0.273. The number of benzene rings is 2. The molecule has 0 unspecified atom stereocenters. The molecule has 0 spiro atoms. The van der Waals surface area contributed by atoms with E-state index in [1.165, 1.54) is 0 Å². The first-order valence-electron chi connectivity index (χ1n) is 9.63. The van der Waals surface area contributed by atoms with Crippen molar-refractivity contribution in [3.63, 3.8) is 0 Å². The number of ether oxygens (including phenoxy) is 1. The minimum Gasteiger partial charge on any atom is -0.497 e. The summed E-state index contributed by atoms with van der Waals surface area (Å²) in [6, 6.07) is 17.6. The number of hydrogen-bond acceptors (Lipinski definition) is 5. The molecule has 0 bridgehead atoms. The van der Waals surface area contributed by atoms with Crippen molar-refractivity contribution >= 4 is 23.1 Å². The van der Waals surface area contributed by atoms with Crippen LogP contribution in [0.1, 0.15) is 5.69 Å². The first-order valence-corrected chi connectivity index (χ1v) is 10.5. The van der Waals surface area contributed by atoms with E-state index in [-0.39, 0.29) is 6.03 Å². The fourth-order valence-electron chi connectivity index (χ4n) is 3.33. The Balaban J connectivity index is 1.28. The minimum atomic E-state index is -0.0714. The Morgan fingerprint density at radius 1 is 1.10 bits per heavy atom. The van der Waals surface area contributed by atoms with Crippen LogP contribution < -0.4 is 10.1 Å². The van der Waals surface area contributed by atoms with Crippen molar-refractivity contribution in [3.05, 3.63) is 65.7 Å². The Morgan fingerprint density at radius 3 is 2.66 bits per heavy atom. The molecular weight excluding hydrogens is 384 g/mol. The molecule has 2 aromatic carbocycles. The minimum absolute atomic E-state index is 0.0714. The number of carbonyl (C=O) groups is 1. The highest BCUT2D eigenvalue weighted by Crippen LogP contribution is 2.24. The second-order valence-corrected chi connectivity index (χ2v) is 7.79. The smallest absolute Gasteiger partial charge is 0.321 e. The summed E-state index contributed by atoms with van der Waals surface area (Å²) in [5.74, 6) is 0.728. The van der Waals surface area contributed by atoms with E-state index in [9.17, 15) is 4.79 Å². The summed E-state index contributed by atoms with van der Waals surface area (Å²) in [5, 5.41) is 6.13. The van der Waals surface area contributed by atoms with Gasteiger partial charge in [-0.2, -0.15) is 0 Å². The Bertz CT molecular complexity index is 952. The van der Waals surface area contributed by atoms with Crippen LogP contribution in [0.5, 0.6) is 5.75 Å². The summed E-state index contributed by atoms with van der Waals surface area (Å²) in [6.45, 7) is 3.89. The van der Waals surface area contributed by atoms with Gasteiger partial charge in [-0.15, -0.1) is 11.3 Å². The van der Waals surface area contributed by atoms with Crippen LogP contribution in [0.4, 0.5) is 10.5 Å². The van der Waals surface area contributed by atoms with Crippen molar-refractivity contribution in [2.24, 2.45) is 0 Å². The molecule has 2 amide bonds. The van der Waals surface area contributed by atoms with E-state index in [1.54, 1.807) is 18.4 Å². The Morgan fingerprint density at radius 2 is 1.90 bits per heavy atom. The molecule has 1 saturated heterocycles.